The third-order valence-corrected chi connectivity index (χ3v) is 15.3. The van der Waals surface area contributed by atoms with E-state index in [1.807, 2.05) is 18.2 Å². The molecule has 0 radical (unpaired) electrons. The van der Waals surface area contributed by atoms with Gasteiger partial charge >= 0.3 is 0 Å². The second-order valence-corrected chi connectivity index (χ2v) is 17.6. The van der Waals surface area contributed by atoms with Crippen LogP contribution in [0, 0.1) is 6.92 Å². The van der Waals surface area contributed by atoms with Gasteiger partial charge in [-0.3, -0.25) is 0 Å². The zero-order chi connectivity index (χ0) is 19.0. The molecular formula is C19H26Br6. The van der Waals surface area contributed by atoms with Gasteiger partial charge < -0.3 is 0 Å². The fourth-order valence-electron chi connectivity index (χ4n) is 2.69. The molecule has 1 aromatic carbocycles. The number of benzene rings is 1. The largest absolute Gasteiger partial charge is 0.130 e. The van der Waals surface area contributed by atoms with Gasteiger partial charge in [0, 0.05) is 0 Å². The van der Waals surface area contributed by atoms with Gasteiger partial charge in [-0.15, -0.1) is 0 Å². The van der Waals surface area contributed by atoms with Gasteiger partial charge in [-0.1, -0.05) is 176 Å². The first kappa shape index (κ1) is 25.1. The minimum Gasteiger partial charge on any atom is -0.0701 e. The Labute approximate surface area is 203 Å². The van der Waals surface area contributed by atoms with E-state index in [0.717, 1.165) is 12.8 Å². The van der Waals surface area contributed by atoms with Crippen molar-refractivity contribution in [3.8, 4) is 0 Å². The summed E-state index contributed by atoms with van der Waals surface area (Å²) < 4.78 is -0.655. The Kier molecular flexibility index (Phi) is 12.0. The lowest BCUT2D eigenvalue weighted by atomic mass is 10.0. The molecule has 1 aromatic rings. The first-order chi connectivity index (χ1) is 11.6. The van der Waals surface area contributed by atoms with Crippen LogP contribution in [0.5, 0.6) is 0 Å². The Balaban J connectivity index is 0.000000370. The van der Waals surface area contributed by atoms with E-state index in [9.17, 15) is 0 Å². The Bertz CT molecular complexity index is 460. The highest BCUT2D eigenvalue weighted by Gasteiger charge is 2.56. The molecule has 0 heterocycles. The summed E-state index contributed by atoms with van der Waals surface area (Å²) in [5.41, 5.74) is 1.32. The van der Waals surface area contributed by atoms with E-state index >= 15 is 0 Å². The van der Waals surface area contributed by atoms with E-state index in [2.05, 4.69) is 115 Å². The Morgan fingerprint density at radius 3 is 1.28 bits per heavy atom. The average molecular weight is 734 g/mol. The number of hydrogen-bond acceptors (Lipinski definition) is 0. The first-order valence-corrected chi connectivity index (χ1v) is 13.5. The molecule has 0 unspecified atom stereocenters. The van der Waals surface area contributed by atoms with Crippen LogP contribution in [0.1, 0.15) is 63.4 Å². The molecule has 6 heteroatoms. The predicted molar refractivity (Wildman–Crippen MR) is 134 cm³/mol. The summed E-state index contributed by atoms with van der Waals surface area (Å²) in [5.74, 6) is 0. The van der Waals surface area contributed by atoms with E-state index in [4.69, 9.17) is 0 Å². The van der Waals surface area contributed by atoms with E-state index < -0.39 is 0 Å². The molecule has 1 fully saturated rings. The second kappa shape index (κ2) is 11.9. The van der Waals surface area contributed by atoms with E-state index in [0.29, 0.717) is 0 Å². The highest BCUT2D eigenvalue weighted by atomic mass is 79.9. The highest BCUT2D eigenvalue weighted by molar-refractivity contribution is 9.33. The summed E-state index contributed by atoms with van der Waals surface area (Å²) in [4.78, 5) is 0. The van der Waals surface area contributed by atoms with Crippen molar-refractivity contribution in [2.45, 2.75) is 74.4 Å². The number of rotatable bonds is 0. The molecule has 0 spiro atoms. The van der Waals surface area contributed by atoms with E-state index in [1.165, 1.54) is 50.5 Å². The maximum absolute atomic E-state index is 3.85. The van der Waals surface area contributed by atoms with Crippen LogP contribution in [-0.2, 0) is 0 Å². The van der Waals surface area contributed by atoms with E-state index in [1.54, 1.807) is 0 Å². The topological polar surface area (TPSA) is 0 Å². The monoisotopic (exact) mass is 728 g/mol. The van der Waals surface area contributed by atoms with E-state index in [-0.39, 0.29) is 9.70 Å². The maximum atomic E-state index is 3.85. The van der Waals surface area contributed by atoms with Gasteiger partial charge in [-0.25, -0.2) is 0 Å². The lowest BCUT2D eigenvalue weighted by Gasteiger charge is -2.44. The van der Waals surface area contributed by atoms with Crippen LogP contribution < -0.4 is 0 Å². The Hall–Kier alpha value is 2.10. The number of halogens is 6. The van der Waals surface area contributed by atoms with Crippen LogP contribution in [0.3, 0.4) is 0 Å². The molecule has 0 amide bonds. The van der Waals surface area contributed by atoms with Gasteiger partial charge in [-0.05, 0) is 19.8 Å². The van der Waals surface area contributed by atoms with Crippen LogP contribution in [-0.4, -0.2) is 9.70 Å². The van der Waals surface area contributed by atoms with Gasteiger partial charge in [-0.2, -0.15) is 0 Å². The fourth-order valence-corrected chi connectivity index (χ4v) is 7.03. The molecular weight excluding hydrogens is 708 g/mol. The van der Waals surface area contributed by atoms with Gasteiger partial charge in [0.15, 0.2) is 0 Å². The molecule has 1 saturated carbocycles. The van der Waals surface area contributed by atoms with Crippen molar-refractivity contribution in [2.24, 2.45) is 0 Å². The first-order valence-electron chi connectivity index (χ1n) is 8.75. The summed E-state index contributed by atoms with van der Waals surface area (Å²) in [6.45, 7) is 2.08. The fraction of sp³-hybridized carbons (Fsp3) is 0.684. The van der Waals surface area contributed by atoms with Crippen molar-refractivity contribution in [1.29, 1.82) is 0 Å². The standard InChI is InChI=1S/C12H18Br6.C7H8/c13-10(14)8-6-4-2-1-3-5-7-9-11(15,16)12(10,17)18;1-7-5-3-2-4-6-7/h1-9H2;2-6H,1H3. The molecule has 0 saturated heterocycles. The van der Waals surface area contributed by atoms with Crippen LogP contribution >= 0.6 is 95.6 Å². The minimum absolute atomic E-state index is 0.181. The second-order valence-electron chi connectivity index (χ2n) is 6.61. The number of hydrogen-bond donors (Lipinski definition) is 0. The van der Waals surface area contributed by atoms with Crippen LogP contribution in [0.15, 0.2) is 30.3 Å². The van der Waals surface area contributed by atoms with Gasteiger partial charge in [0.25, 0.3) is 0 Å². The molecule has 1 aliphatic carbocycles. The zero-order valence-electron chi connectivity index (χ0n) is 14.5. The summed E-state index contributed by atoms with van der Waals surface area (Å²) in [6.07, 6.45) is 11.3. The number of aryl methyl sites for hydroxylation is 1. The molecule has 0 aliphatic heterocycles. The summed E-state index contributed by atoms with van der Waals surface area (Å²) in [7, 11) is 0. The normalized spacial score (nSPS) is 23.3. The van der Waals surface area contributed by atoms with Crippen molar-refractivity contribution >= 4 is 95.6 Å². The Morgan fingerprint density at radius 2 is 0.960 bits per heavy atom. The van der Waals surface area contributed by atoms with Gasteiger partial charge in [0.2, 0.25) is 0 Å². The quantitative estimate of drug-likeness (QED) is 0.233. The van der Waals surface area contributed by atoms with Crippen LogP contribution in [0.2, 0.25) is 0 Å². The summed E-state index contributed by atoms with van der Waals surface area (Å²) in [6, 6.07) is 10.3. The maximum Gasteiger partial charge on any atom is 0.130 e. The lowest BCUT2D eigenvalue weighted by Crippen LogP contribution is -2.47. The molecule has 0 atom stereocenters. The average Bonchev–Trinajstić information content (AvgIpc) is 2.53. The third-order valence-electron chi connectivity index (χ3n) is 4.34. The Morgan fingerprint density at radius 1 is 0.600 bits per heavy atom. The minimum atomic E-state index is -0.292. The molecule has 0 N–H and O–H groups in total. The SMILES string of the molecule is BrC1(Br)CCCCCCCCCC(Br)(Br)C1(Br)Br.Cc1ccccc1. The van der Waals surface area contributed by atoms with Crippen molar-refractivity contribution in [1.82, 2.24) is 0 Å². The molecule has 144 valence electrons. The van der Waals surface area contributed by atoms with Gasteiger partial charge in [0.1, 0.15) is 9.70 Å². The molecule has 1 aliphatic rings. The van der Waals surface area contributed by atoms with Crippen LogP contribution in [0.4, 0.5) is 0 Å². The van der Waals surface area contributed by atoms with Gasteiger partial charge in [0.05, 0.1) is 0 Å². The molecule has 0 bridgehead atoms. The third kappa shape index (κ3) is 8.55. The van der Waals surface area contributed by atoms with Crippen molar-refractivity contribution in [3.05, 3.63) is 35.9 Å². The summed E-state index contributed by atoms with van der Waals surface area (Å²) in [5, 5.41) is 0. The summed E-state index contributed by atoms with van der Waals surface area (Å²) >= 11 is 23.1. The number of alkyl halides is 6. The predicted octanol–water partition coefficient (Wildman–Crippen LogP) is 9.96. The molecule has 2 rings (SSSR count). The zero-order valence-corrected chi connectivity index (χ0v) is 24.0. The van der Waals surface area contributed by atoms with Crippen molar-refractivity contribution in [3.63, 3.8) is 0 Å². The molecule has 0 nitrogen and oxygen atoms in total. The molecule has 25 heavy (non-hydrogen) atoms. The highest BCUT2D eigenvalue weighted by Crippen LogP contribution is 2.63. The van der Waals surface area contributed by atoms with Crippen LogP contribution in [0.25, 0.3) is 0 Å². The molecule has 0 aromatic heterocycles. The van der Waals surface area contributed by atoms with Crippen molar-refractivity contribution in [2.75, 3.05) is 0 Å². The smallest absolute Gasteiger partial charge is 0.0701 e. The van der Waals surface area contributed by atoms with Crippen molar-refractivity contribution < 1.29 is 0 Å². The lowest BCUT2D eigenvalue weighted by molar-refractivity contribution is 0.502.